The number of halogens is 1. The maximum atomic E-state index is 13.7. The highest BCUT2D eigenvalue weighted by atomic mass is 19.1. The van der Waals surface area contributed by atoms with Crippen LogP contribution in [0.1, 0.15) is 49.9 Å². The third-order valence-corrected chi connectivity index (χ3v) is 6.13. The molecule has 1 saturated heterocycles. The summed E-state index contributed by atoms with van der Waals surface area (Å²) in [6.45, 7) is 5.66. The van der Waals surface area contributed by atoms with E-state index in [-0.39, 0.29) is 30.8 Å². The first-order valence-corrected chi connectivity index (χ1v) is 11.6. The van der Waals surface area contributed by atoms with Crippen molar-refractivity contribution < 1.29 is 28.6 Å². The van der Waals surface area contributed by atoms with Crippen molar-refractivity contribution in [2.24, 2.45) is 0 Å². The molecule has 4 rings (SSSR count). The number of aliphatic hydroxyl groups excluding tert-OH is 1. The van der Waals surface area contributed by atoms with Gasteiger partial charge in [-0.05, 0) is 56.0 Å². The molecule has 1 fully saturated rings. The Bertz CT molecular complexity index is 1040. The van der Waals surface area contributed by atoms with Crippen molar-refractivity contribution in [3.8, 4) is 0 Å². The van der Waals surface area contributed by atoms with E-state index in [9.17, 15) is 19.1 Å². The van der Waals surface area contributed by atoms with E-state index in [1.54, 1.807) is 37.8 Å². The molecule has 34 heavy (non-hydrogen) atoms. The van der Waals surface area contributed by atoms with Crippen molar-refractivity contribution in [3.63, 3.8) is 0 Å². The molecular weight excluding hydrogens is 439 g/mol. The number of fused-ring (bicyclic) bond motifs is 1. The zero-order valence-electron chi connectivity index (χ0n) is 19.7. The van der Waals surface area contributed by atoms with Gasteiger partial charge in [0.1, 0.15) is 17.5 Å². The molecule has 2 amide bonds. The van der Waals surface area contributed by atoms with E-state index in [4.69, 9.17) is 9.47 Å². The summed E-state index contributed by atoms with van der Waals surface area (Å²) in [6.07, 6.45) is -1.63. The molecule has 0 bridgehead atoms. The number of hydrogen-bond donors (Lipinski definition) is 2. The minimum atomic E-state index is -0.952. The highest BCUT2D eigenvalue weighted by Gasteiger charge is 2.40. The molecule has 182 valence electrons. The number of amides is 2. The van der Waals surface area contributed by atoms with Crippen LogP contribution in [-0.2, 0) is 20.7 Å². The Morgan fingerprint density at radius 2 is 1.85 bits per heavy atom. The fraction of sp³-hybridized carbons (Fsp3) is 0.462. The van der Waals surface area contributed by atoms with Gasteiger partial charge in [-0.2, -0.15) is 0 Å². The summed E-state index contributed by atoms with van der Waals surface area (Å²) in [5.41, 5.74) is 2.26. The smallest absolute Gasteiger partial charge is 0.407 e. The standard InChI is InChI=1S/C26H31FN2O5/c1-26(2,3)34-25(32)28-20-14-22(33-15-21(20)30)24(31)29-13-12-16-6-4-5-7-19(16)23(29)17-8-10-18(27)11-9-17/h4-11,20-23,30H,12-15H2,1-3H3,(H,28,32)/t20?,21-,22+,23-/m0/s1. The molecule has 8 heteroatoms. The van der Waals surface area contributed by atoms with Crippen molar-refractivity contribution in [2.75, 3.05) is 13.2 Å². The van der Waals surface area contributed by atoms with E-state index in [1.807, 2.05) is 24.3 Å². The van der Waals surface area contributed by atoms with Crippen LogP contribution in [0.25, 0.3) is 0 Å². The summed E-state index contributed by atoms with van der Waals surface area (Å²) in [5, 5.41) is 13.0. The first-order chi connectivity index (χ1) is 16.1. The molecule has 7 nitrogen and oxygen atoms in total. The van der Waals surface area contributed by atoms with Crippen molar-refractivity contribution in [1.82, 2.24) is 10.2 Å². The van der Waals surface area contributed by atoms with E-state index in [0.29, 0.717) is 13.0 Å². The number of carbonyl (C=O) groups is 2. The summed E-state index contributed by atoms with van der Waals surface area (Å²) in [7, 11) is 0. The van der Waals surface area contributed by atoms with Crippen LogP contribution >= 0.6 is 0 Å². The normalized spacial score (nSPS) is 24.8. The van der Waals surface area contributed by atoms with Gasteiger partial charge in [0.15, 0.2) is 0 Å². The second kappa shape index (κ2) is 9.72. The lowest BCUT2D eigenvalue weighted by molar-refractivity contribution is -0.155. The molecule has 0 aliphatic carbocycles. The fourth-order valence-electron chi connectivity index (χ4n) is 4.57. The van der Waals surface area contributed by atoms with Crippen LogP contribution in [0.15, 0.2) is 48.5 Å². The SMILES string of the molecule is CC(C)(C)OC(=O)NC1C[C@H](C(=O)N2CCc3ccccc3[C@@H]2c2ccc(F)cc2)OC[C@@H]1O. The first-order valence-electron chi connectivity index (χ1n) is 11.6. The third-order valence-electron chi connectivity index (χ3n) is 6.13. The highest BCUT2D eigenvalue weighted by Crippen LogP contribution is 2.36. The Morgan fingerprint density at radius 3 is 2.56 bits per heavy atom. The lowest BCUT2D eigenvalue weighted by Crippen LogP contribution is -2.56. The molecule has 0 aromatic heterocycles. The molecular formula is C26H31FN2O5. The fourth-order valence-corrected chi connectivity index (χ4v) is 4.57. The lowest BCUT2D eigenvalue weighted by Gasteiger charge is -2.41. The molecule has 2 heterocycles. The van der Waals surface area contributed by atoms with Gasteiger partial charge in [-0.1, -0.05) is 36.4 Å². The molecule has 2 aliphatic heterocycles. The topological polar surface area (TPSA) is 88.1 Å². The van der Waals surface area contributed by atoms with Gasteiger partial charge >= 0.3 is 6.09 Å². The van der Waals surface area contributed by atoms with Crippen LogP contribution in [0.2, 0.25) is 0 Å². The Hall–Kier alpha value is -2.97. The van der Waals surface area contributed by atoms with Crippen molar-refractivity contribution >= 4 is 12.0 Å². The predicted molar refractivity (Wildman–Crippen MR) is 124 cm³/mol. The van der Waals surface area contributed by atoms with E-state index in [2.05, 4.69) is 5.32 Å². The van der Waals surface area contributed by atoms with Gasteiger partial charge in [-0.15, -0.1) is 0 Å². The minimum Gasteiger partial charge on any atom is -0.444 e. The summed E-state index contributed by atoms with van der Waals surface area (Å²) < 4.78 is 24.6. The molecule has 2 aliphatic rings. The Morgan fingerprint density at radius 1 is 1.15 bits per heavy atom. The van der Waals surface area contributed by atoms with Crippen LogP contribution in [0.3, 0.4) is 0 Å². The van der Waals surface area contributed by atoms with Gasteiger partial charge in [0, 0.05) is 13.0 Å². The number of rotatable bonds is 3. The van der Waals surface area contributed by atoms with Gasteiger partial charge in [0.2, 0.25) is 0 Å². The number of carbonyl (C=O) groups excluding carboxylic acids is 2. The molecule has 1 unspecified atom stereocenters. The van der Waals surface area contributed by atoms with Crippen LogP contribution < -0.4 is 5.32 Å². The van der Waals surface area contributed by atoms with E-state index >= 15 is 0 Å². The van der Waals surface area contributed by atoms with E-state index in [1.165, 1.54) is 12.1 Å². The summed E-state index contributed by atoms with van der Waals surface area (Å²) >= 11 is 0. The van der Waals surface area contributed by atoms with Gasteiger partial charge in [0.05, 0.1) is 24.8 Å². The maximum Gasteiger partial charge on any atom is 0.407 e. The van der Waals surface area contributed by atoms with Crippen molar-refractivity contribution in [1.29, 1.82) is 0 Å². The van der Waals surface area contributed by atoms with Gasteiger partial charge < -0.3 is 24.8 Å². The summed E-state index contributed by atoms with van der Waals surface area (Å²) in [5.74, 6) is -0.571. The number of benzene rings is 2. The monoisotopic (exact) mass is 470 g/mol. The minimum absolute atomic E-state index is 0.0808. The molecule has 2 aromatic rings. The summed E-state index contributed by atoms with van der Waals surface area (Å²) in [4.78, 5) is 27.7. The number of nitrogens with one attached hydrogen (secondary N) is 1. The maximum absolute atomic E-state index is 13.7. The van der Waals surface area contributed by atoms with Gasteiger partial charge in [-0.3, -0.25) is 4.79 Å². The second-order valence-electron chi connectivity index (χ2n) is 9.81. The van der Waals surface area contributed by atoms with Crippen LogP contribution in [0.4, 0.5) is 9.18 Å². The predicted octanol–water partition coefficient (Wildman–Crippen LogP) is 3.34. The van der Waals surface area contributed by atoms with Gasteiger partial charge in [-0.25, -0.2) is 9.18 Å². The molecule has 4 atom stereocenters. The summed E-state index contributed by atoms with van der Waals surface area (Å²) in [6, 6.07) is 13.0. The third kappa shape index (κ3) is 5.39. The lowest BCUT2D eigenvalue weighted by atomic mass is 9.87. The second-order valence-corrected chi connectivity index (χ2v) is 9.81. The molecule has 0 spiro atoms. The average molecular weight is 471 g/mol. The van der Waals surface area contributed by atoms with Crippen LogP contribution in [-0.4, -0.2) is 59.0 Å². The number of nitrogens with zero attached hydrogens (tertiary/aromatic N) is 1. The largest absolute Gasteiger partial charge is 0.444 e. The first kappa shape index (κ1) is 24.2. The zero-order valence-corrected chi connectivity index (χ0v) is 19.7. The van der Waals surface area contributed by atoms with Gasteiger partial charge in [0.25, 0.3) is 5.91 Å². The van der Waals surface area contributed by atoms with E-state index in [0.717, 1.165) is 16.7 Å². The zero-order chi connectivity index (χ0) is 24.5. The average Bonchev–Trinajstić information content (AvgIpc) is 2.79. The van der Waals surface area contributed by atoms with E-state index < -0.39 is 29.9 Å². The Kier molecular flexibility index (Phi) is 6.91. The quantitative estimate of drug-likeness (QED) is 0.719. The molecule has 2 aromatic carbocycles. The Labute approximate surface area is 198 Å². The van der Waals surface area contributed by atoms with Crippen LogP contribution in [0, 0.1) is 5.82 Å². The number of alkyl carbamates (subject to hydrolysis) is 1. The van der Waals surface area contributed by atoms with Crippen molar-refractivity contribution in [2.45, 2.75) is 63.5 Å². The molecule has 0 saturated carbocycles. The number of ether oxygens (including phenoxy) is 2. The molecule has 0 radical (unpaired) electrons. The van der Waals surface area contributed by atoms with Crippen LogP contribution in [0.5, 0.6) is 0 Å². The number of hydrogen-bond acceptors (Lipinski definition) is 5. The number of aliphatic hydroxyl groups is 1. The Balaban J connectivity index is 1.55. The highest BCUT2D eigenvalue weighted by molar-refractivity contribution is 5.82. The molecule has 2 N–H and O–H groups in total. The van der Waals surface area contributed by atoms with Crippen molar-refractivity contribution in [3.05, 3.63) is 71.0 Å².